The number of amides is 1. The van der Waals surface area contributed by atoms with Gasteiger partial charge in [-0.3, -0.25) is 4.90 Å². The van der Waals surface area contributed by atoms with Crippen LogP contribution in [0.25, 0.3) is 0 Å². The number of hydrogen-bond donors (Lipinski definition) is 0. The summed E-state index contributed by atoms with van der Waals surface area (Å²) >= 11 is 1.95. The molecule has 2 aliphatic rings. The molecule has 0 radical (unpaired) electrons. The van der Waals surface area contributed by atoms with Crippen molar-refractivity contribution in [1.29, 1.82) is 0 Å². The molecular formula is C18H31NO4S. The first kappa shape index (κ1) is 19.4. The summed E-state index contributed by atoms with van der Waals surface area (Å²) in [5.41, 5.74) is -0.565. The predicted molar refractivity (Wildman–Crippen MR) is 96.2 cm³/mol. The van der Waals surface area contributed by atoms with Crippen LogP contribution in [0.4, 0.5) is 4.79 Å². The largest absolute Gasteiger partial charge is 0.464 e. The van der Waals surface area contributed by atoms with Gasteiger partial charge in [0.15, 0.2) is 0 Å². The van der Waals surface area contributed by atoms with E-state index in [2.05, 4.69) is 0 Å². The molecule has 1 aliphatic heterocycles. The fourth-order valence-electron chi connectivity index (χ4n) is 3.35. The number of ether oxygens (including phenoxy) is 2. The summed E-state index contributed by atoms with van der Waals surface area (Å²) in [6.07, 6.45) is 6.67. The molecule has 1 saturated carbocycles. The van der Waals surface area contributed by atoms with E-state index < -0.39 is 17.7 Å². The molecule has 0 aromatic heterocycles. The Morgan fingerprint density at radius 2 is 1.79 bits per heavy atom. The zero-order chi connectivity index (χ0) is 17.7. The number of carbonyl (C=O) groups is 2. The van der Waals surface area contributed by atoms with Crippen molar-refractivity contribution in [1.82, 2.24) is 4.90 Å². The van der Waals surface area contributed by atoms with Crippen molar-refractivity contribution in [3.8, 4) is 0 Å². The van der Waals surface area contributed by atoms with Gasteiger partial charge in [0.1, 0.15) is 11.6 Å². The number of likely N-dealkylation sites (tertiary alicyclic amines) is 1. The monoisotopic (exact) mass is 357 g/mol. The Morgan fingerprint density at radius 1 is 1.12 bits per heavy atom. The van der Waals surface area contributed by atoms with Crippen LogP contribution in [0.3, 0.4) is 0 Å². The van der Waals surface area contributed by atoms with Gasteiger partial charge in [0.05, 0.1) is 6.61 Å². The van der Waals surface area contributed by atoms with Gasteiger partial charge < -0.3 is 9.47 Å². The van der Waals surface area contributed by atoms with Crippen LogP contribution < -0.4 is 0 Å². The third-order valence-electron chi connectivity index (χ3n) is 4.39. The zero-order valence-corrected chi connectivity index (χ0v) is 16.2. The number of esters is 1. The summed E-state index contributed by atoms with van der Waals surface area (Å²) in [7, 11) is 0. The van der Waals surface area contributed by atoms with Crippen LogP contribution in [0.5, 0.6) is 0 Å². The highest BCUT2D eigenvalue weighted by Crippen LogP contribution is 2.37. The second kappa shape index (κ2) is 8.45. The Kier molecular flexibility index (Phi) is 6.84. The molecule has 0 aromatic rings. The van der Waals surface area contributed by atoms with Crippen LogP contribution in [0, 0.1) is 0 Å². The number of hydrogen-bond acceptors (Lipinski definition) is 5. The molecule has 2 atom stereocenters. The van der Waals surface area contributed by atoms with Crippen molar-refractivity contribution in [2.24, 2.45) is 0 Å². The van der Waals surface area contributed by atoms with E-state index >= 15 is 0 Å². The van der Waals surface area contributed by atoms with Gasteiger partial charge in [-0.1, -0.05) is 19.3 Å². The molecule has 5 nitrogen and oxygen atoms in total. The predicted octanol–water partition coefficient (Wildman–Crippen LogP) is 3.99. The lowest BCUT2D eigenvalue weighted by Crippen LogP contribution is -2.44. The average molecular weight is 358 g/mol. The van der Waals surface area contributed by atoms with Crippen molar-refractivity contribution in [3.63, 3.8) is 0 Å². The number of rotatable bonds is 4. The first-order valence-electron chi connectivity index (χ1n) is 9.12. The van der Waals surface area contributed by atoms with Gasteiger partial charge in [-0.15, -0.1) is 0 Å². The van der Waals surface area contributed by atoms with Crippen molar-refractivity contribution in [2.45, 2.75) is 88.4 Å². The van der Waals surface area contributed by atoms with Gasteiger partial charge in [-0.05, 0) is 47.0 Å². The highest BCUT2D eigenvalue weighted by molar-refractivity contribution is 8.00. The van der Waals surface area contributed by atoms with E-state index in [-0.39, 0.29) is 11.2 Å². The molecule has 1 heterocycles. The quantitative estimate of drug-likeness (QED) is 0.712. The Bertz CT molecular complexity index is 443. The summed E-state index contributed by atoms with van der Waals surface area (Å²) in [5.74, 6) is -0.310. The van der Waals surface area contributed by atoms with Crippen molar-refractivity contribution < 1.29 is 19.1 Å². The summed E-state index contributed by atoms with van der Waals surface area (Å²) in [5, 5.41) is 0.945. The van der Waals surface area contributed by atoms with E-state index in [4.69, 9.17) is 9.47 Å². The summed E-state index contributed by atoms with van der Waals surface area (Å²) < 4.78 is 10.7. The van der Waals surface area contributed by atoms with Crippen molar-refractivity contribution >= 4 is 23.8 Å². The molecule has 2 rings (SSSR count). The molecule has 24 heavy (non-hydrogen) atoms. The molecular weight excluding hydrogens is 326 g/mol. The molecule has 0 N–H and O–H groups in total. The second-order valence-corrected chi connectivity index (χ2v) is 9.26. The Labute approximate surface area is 149 Å². The third-order valence-corrected chi connectivity index (χ3v) is 5.97. The van der Waals surface area contributed by atoms with E-state index in [0.717, 1.165) is 0 Å². The standard InChI is InChI=1S/C18H31NO4S/c1-5-22-16(20)15-11-14(24-13-9-7-6-8-10-13)12-19(15)17(21)23-18(2,3)4/h13-15H,5-12H2,1-4H3/t14-,15?/m1/s1. The SMILES string of the molecule is CCOC(=O)C1C[C@@H](SC2CCCCC2)CN1C(=O)OC(C)(C)C. The van der Waals surface area contributed by atoms with E-state index in [9.17, 15) is 9.59 Å². The molecule has 138 valence electrons. The second-order valence-electron chi connectivity index (χ2n) is 7.65. The first-order chi connectivity index (χ1) is 11.3. The molecule has 1 aliphatic carbocycles. The molecule has 2 fully saturated rings. The van der Waals surface area contributed by atoms with E-state index in [1.807, 2.05) is 32.5 Å². The van der Waals surface area contributed by atoms with Crippen LogP contribution in [-0.2, 0) is 14.3 Å². The minimum absolute atomic E-state index is 0.287. The van der Waals surface area contributed by atoms with Crippen LogP contribution >= 0.6 is 11.8 Å². The molecule has 1 unspecified atom stereocenters. The summed E-state index contributed by atoms with van der Waals surface area (Å²) in [6, 6.07) is -0.513. The smallest absolute Gasteiger partial charge is 0.411 e. The minimum Gasteiger partial charge on any atom is -0.464 e. The third kappa shape index (κ3) is 5.57. The van der Waals surface area contributed by atoms with Crippen LogP contribution in [0.15, 0.2) is 0 Å². The molecule has 0 spiro atoms. The van der Waals surface area contributed by atoms with Crippen LogP contribution in [-0.4, -0.2) is 52.3 Å². The van der Waals surface area contributed by atoms with Gasteiger partial charge >= 0.3 is 12.1 Å². The Hall–Kier alpha value is -0.910. The van der Waals surface area contributed by atoms with Crippen LogP contribution in [0.1, 0.15) is 66.2 Å². The van der Waals surface area contributed by atoms with Gasteiger partial charge in [0.25, 0.3) is 0 Å². The molecule has 0 aromatic carbocycles. The number of carbonyl (C=O) groups excluding carboxylic acids is 2. The average Bonchev–Trinajstić information content (AvgIpc) is 2.91. The number of thioether (sulfide) groups is 1. The highest BCUT2D eigenvalue weighted by Gasteiger charge is 2.43. The number of nitrogens with zero attached hydrogens (tertiary/aromatic N) is 1. The summed E-state index contributed by atoms with van der Waals surface area (Å²) in [4.78, 5) is 26.4. The lowest BCUT2D eigenvalue weighted by Gasteiger charge is -2.27. The van der Waals surface area contributed by atoms with E-state index in [1.54, 1.807) is 11.8 Å². The lowest BCUT2D eigenvalue weighted by molar-refractivity contribution is -0.148. The van der Waals surface area contributed by atoms with Gasteiger partial charge in [0.2, 0.25) is 0 Å². The molecule has 0 bridgehead atoms. The lowest BCUT2D eigenvalue weighted by atomic mass is 10.0. The molecule has 1 saturated heterocycles. The maximum Gasteiger partial charge on any atom is 0.411 e. The Morgan fingerprint density at radius 3 is 2.38 bits per heavy atom. The topological polar surface area (TPSA) is 55.8 Å². The van der Waals surface area contributed by atoms with Crippen LogP contribution in [0.2, 0.25) is 0 Å². The van der Waals surface area contributed by atoms with E-state index in [0.29, 0.717) is 24.8 Å². The fourth-order valence-corrected chi connectivity index (χ4v) is 5.04. The maximum absolute atomic E-state index is 12.5. The van der Waals surface area contributed by atoms with Gasteiger partial charge in [-0.25, -0.2) is 9.59 Å². The normalized spacial score (nSPS) is 25.6. The molecule has 6 heteroatoms. The van der Waals surface area contributed by atoms with Gasteiger partial charge in [0, 0.05) is 17.0 Å². The maximum atomic E-state index is 12.5. The Balaban J connectivity index is 2.01. The first-order valence-corrected chi connectivity index (χ1v) is 10.1. The van der Waals surface area contributed by atoms with Crippen molar-refractivity contribution in [3.05, 3.63) is 0 Å². The van der Waals surface area contributed by atoms with Crippen molar-refractivity contribution in [2.75, 3.05) is 13.2 Å². The van der Waals surface area contributed by atoms with Gasteiger partial charge in [-0.2, -0.15) is 11.8 Å². The summed E-state index contributed by atoms with van der Waals surface area (Å²) in [6.45, 7) is 8.22. The highest BCUT2D eigenvalue weighted by atomic mass is 32.2. The zero-order valence-electron chi connectivity index (χ0n) is 15.4. The van der Waals surface area contributed by atoms with E-state index in [1.165, 1.54) is 32.1 Å². The fraction of sp³-hybridized carbons (Fsp3) is 0.889. The molecule has 1 amide bonds. The minimum atomic E-state index is -0.565.